The summed E-state index contributed by atoms with van der Waals surface area (Å²) in [6, 6.07) is 4.55. The molecule has 0 saturated carbocycles. The van der Waals surface area contributed by atoms with E-state index in [2.05, 4.69) is 24.4 Å². The molecule has 1 heterocycles. The molecule has 0 aliphatic rings. The van der Waals surface area contributed by atoms with E-state index in [-0.39, 0.29) is 6.04 Å². The second-order valence-electron chi connectivity index (χ2n) is 3.78. The second-order valence-corrected chi connectivity index (χ2v) is 4.81. The number of ether oxygens (including phenoxy) is 1. The van der Waals surface area contributed by atoms with E-state index in [1.54, 1.807) is 0 Å². The van der Waals surface area contributed by atoms with Crippen LogP contribution in [0, 0.1) is 0 Å². The maximum Gasteiger partial charge on any atom is 0.0480 e. The number of hydrogen-bond donors (Lipinski definition) is 1. The maximum atomic E-state index is 6.00. The van der Waals surface area contributed by atoms with Crippen LogP contribution < -0.4 is 5.73 Å². The molecule has 1 atom stereocenters. The van der Waals surface area contributed by atoms with Gasteiger partial charge in [-0.1, -0.05) is 13.0 Å². The maximum absolute atomic E-state index is 6.00. The smallest absolute Gasteiger partial charge is 0.0480 e. The molecule has 0 saturated heterocycles. The number of nitrogens with two attached hydrogens (primary N) is 1. The van der Waals surface area contributed by atoms with E-state index in [0.717, 1.165) is 38.9 Å². The summed E-state index contributed by atoms with van der Waals surface area (Å²) >= 11 is 1.81. The molecule has 0 aliphatic carbocycles. The van der Waals surface area contributed by atoms with Gasteiger partial charge in [0, 0.05) is 24.1 Å². The summed E-state index contributed by atoms with van der Waals surface area (Å²) < 4.78 is 5.41. The predicted octanol–water partition coefficient (Wildman–Crippen LogP) is 2.82. The van der Waals surface area contributed by atoms with Crippen LogP contribution in [0.2, 0.25) is 0 Å². The fourth-order valence-corrected chi connectivity index (χ4v) is 2.13. The zero-order valence-corrected chi connectivity index (χ0v) is 10.3. The average Bonchev–Trinajstić information content (AvgIpc) is 2.74. The van der Waals surface area contributed by atoms with Crippen LogP contribution in [0.25, 0.3) is 0 Å². The first-order chi connectivity index (χ1) is 7.33. The zero-order valence-electron chi connectivity index (χ0n) is 9.45. The Bertz CT molecular complexity index is 236. The number of rotatable bonds is 8. The van der Waals surface area contributed by atoms with Gasteiger partial charge in [0.05, 0.1) is 0 Å². The van der Waals surface area contributed by atoms with E-state index in [9.17, 15) is 0 Å². The lowest BCUT2D eigenvalue weighted by atomic mass is 10.1. The van der Waals surface area contributed by atoms with Gasteiger partial charge >= 0.3 is 0 Å². The molecule has 0 aromatic carbocycles. The van der Waals surface area contributed by atoms with Crippen LogP contribution in [0.3, 0.4) is 0 Å². The van der Waals surface area contributed by atoms with Crippen molar-refractivity contribution >= 4 is 11.3 Å². The minimum Gasteiger partial charge on any atom is -0.381 e. The third-order valence-electron chi connectivity index (χ3n) is 2.32. The van der Waals surface area contributed by atoms with Gasteiger partial charge in [-0.2, -0.15) is 0 Å². The van der Waals surface area contributed by atoms with E-state index >= 15 is 0 Å². The third-order valence-corrected chi connectivity index (χ3v) is 3.26. The van der Waals surface area contributed by atoms with Gasteiger partial charge in [-0.3, -0.25) is 0 Å². The summed E-state index contributed by atoms with van der Waals surface area (Å²) in [6.45, 7) is 3.79. The largest absolute Gasteiger partial charge is 0.381 e. The molecular formula is C12H21NOS. The molecule has 0 radical (unpaired) electrons. The van der Waals surface area contributed by atoms with Crippen molar-refractivity contribution in [2.24, 2.45) is 5.73 Å². The Morgan fingerprint density at radius 1 is 1.40 bits per heavy atom. The van der Waals surface area contributed by atoms with Crippen molar-refractivity contribution in [2.75, 3.05) is 13.2 Å². The Balaban J connectivity index is 2.01. The minimum atomic E-state index is 0.281. The Kier molecular flexibility index (Phi) is 6.64. The molecule has 3 heteroatoms. The topological polar surface area (TPSA) is 35.2 Å². The molecule has 1 aromatic rings. The minimum absolute atomic E-state index is 0.281. The molecule has 0 aliphatic heterocycles. The highest BCUT2D eigenvalue weighted by Gasteiger charge is 2.03. The average molecular weight is 227 g/mol. The molecule has 15 heavy (non-hydrogen) atoms. The first-order valence-electron chi connectivity index (χ1n) is 5.68. The van der Waals surface area contributed by atoms with Crippen molar-refractivity contribution in [3.05, 3.63) is 22.4 Å². The van der Waals surface area contributed by atoms with Crippen molar-refractivity contribution in [1.82, 2.24) is 0 Å². The highest BCUT2D eigenvalue weighted by molar-refractivity contribution is 7.09. The Morgan fingerprint density at radius 3 is 2.93 bits per heavy atom. The standard InChI is InChI=1S/C12H21NOS/c1-2-8-14-9-7-11(13)5-6-12-4-3-10-15-12/h3-4,10-11H,2,5-9,13H2,1H3. The van der Waals surface area contributed by atoms with Crippen molar-refractivity contribution < 1.29 is 4.74 Å². The number of thiophene rings is 1. The fraction of sp³-hybridized carbons (Fsp3) is 0.667. The normalized spacial score (nSPS) is 12.9. The second kappa shape index (κ2) is 7.85. The third kappa shape index (κ3) is 5.92. The van der Waals surface area contributed by atoms with E-state index < -0.39 is 0 Å². The van der Waals surface area contributed by atoms with Gasteiger partial charge in [-0.15, -0.1) is 11.3 Å². The van der Waals surface area contributed by atoms with E-state index in [1.165, 1.54) is 4.88 Å². The lowest BCUT2D eigenvalue weighted by Crippen LogP contribution is -2.22. The summed E-state index contributed by atoms with van der Waals surface area (Å²) in [4.78, 5) is 1.43. The summed E-state index contributed by atoms with van der Waals surface area (Å²) in [5.41, 5.74) is 6.00. The van der Waals surface area contributed by atoms with Crippen molar-refractivity contribution in [2.45, 2.75) is 38.6 Å². The molecule has 0 bridgehead atoms. The van der Waals surface area contributed by atoms with Crippen LogP contribution in [-0.4, -0.2) is 19.3 Å². The van der Waals surface area contributed by atoms with E-state index in [4.69, 9.17) is 10.5 Å². The summed E-state index contributed by atoms with van der Waals surface area (Å²) in [5, 5.41) is 2.12. The molecule has 2 N–H and O–H groups in total. The molecule has 0 spiro atoms. The molecule has 1 rings (SSSR count). The highest BCUT2D eigenvalue weighted by Crippen LogP contribution is 2.12. The van der Waals surface area contributed by atoms with Gasteiger partial charge in [-0.05, 0) is 37.1 Å². The van der Waals surface area contributed by atoms with Crippen molar-refractivity contribution in [3.8, 4) is 0 Å². The van der Waals surface area contributed by atoms with Gasteiger partial charge in [0.25, 0.3) is 0 Å². The quantitative estimate of drug-likeness (QED) is 0.693. The first-order valence-corrected chi connectivity index (χ1v) is 6.56. The molecule has 1 unspecified atom stereocenters. The van der Waals surface area contributed by atoms with Crippen LogP contribution in [0.4, 0.5) is 0 Å². The lowest BCUT2D eigenvalue weighted by Gasteiger charge is -2.10. The molecular weight excluding hydrogens is 206 g/mol. The van der Waals surface area contributed by atoms with Gasteiger partial charge < -0.3 is 10.5 Å². The molecule has 2 nitrogen and oxygen atoms in total. The molecule has 0 fully saturated rings. The van der Waals surface area contributed by atoms with E-state index in [1.807, 2.05) is 11.3 Å². The zero-order chi connectivity index (χ0) is 10.9. The van der Waals surface area contributed by atoms with Crippen LogP contribution >= 0.6 is 11.3 Å². The lowest BCUT2D eigenvalue weighted by molar-refractivity contribution is 0.127. The van der Waals surface area contributed by atoms with Crippen LogP contribution in [0.5, 0.6) is 0 Å². The van der Waals surface area contributed by atoms with Gasteiger partial charge in [0.15, 0.2) is 0 Å². The van der Waals surface area contributed by atoms with Crippen molar-refractivity contribution in [3.63, 3.8) is 0 Å². The van der Waals surface area contributed by atoms with Gasteiger partial charge in [0.1, 0.15) is 0 Å². The molecule has 86 valence electrons. The fourth-order valence-electron chi connectivity index (χ4n) is 1.41. The van der Waals surface area contributed by atoms with Crippen molar-refractivity contribution in [1.29, 1.82) is 0 Å². The highest BCUT2D eigenvalue weighted by atomic mass is 32.1. The van der Waals surface area contributed by atoms with Gasteiger partial charge in [0.2, 0.25) is 0 Å². The Hall–Kier alpha value is -0.380. The van der Waals surface area contributed by atoms with Crippen LogP contribution in [0.15, 0.2) is 17.5 Å². The van der Waals surface area contributed by atoms with Crippen LogP contribution in [-0.2, 0) is 11.2 Å². The summed E-state index contributed by atoms with van der Waals surface area (Å²) in [6.07, 6.45) is 4.23. The molecule has 1 aromatic heterocycles. The summed E-state index contributed by atoms with van der Waals surface area (Å²) in [5.74, 6) is 0. The number of aryl methyl sites for hydroxylation is 1. The SMILES string of the molecule is CCCOCCC(N)CCc1cccs1. The Morgan fingerprint density at radius 2 is 2.27 bits per heavy atom. The number of hydrogen-bond acceptors (Lipinski definition) is 3. The Labute approximate surface area is 96.4 Å². The summed E-state index contributed by atoms with van der Waals surface area (Å²) in [7, 11) is 0. The predicted molar refractivity (Wildman–Crippen MR) is 66.3 cm³/mol. The van der Waals surface area contributed by atoms with Crippen LogP contribution in [0.1, 0.15) is 31.1 Å². The van der Waals surface area contributed by atoms with Gasteiger partial charge in [-0.25, -0.2) is 0 Å². The monoisotopic (exact) mass is 227 g/mol. The first kappa shape index (κ1) is 12.7. The van der Waals surface area contributed by atoms with E-state index in [0.29, 0.717) is 0 Å². The molecule has 0 amide bonds.